The SMILES string of the molecule is Cc1oc(=O)oc1CN(C)CCNC(=O)O. The molecule has 0 atom stereocenters. The van der Waals surface area contributed by atoms with Crippen LogP contribution in [0.5, 0.6) is 0 Å². The predicted octanol–water partition coefficient (Wildman–Crippen LogP) is 0.241. The van der Waals surface area contributed by atoms with Gasteiger partial charge in [-0.2, -0.15) is 0 Å². The van der Waals surface area contributed by atoms with Crippen molar-refractivity contribution in [3.05, 3.63) is 22.1 Å². The highest BCUT2D eigenvalue weighted by Gasteiger charge is 2.10. The molecule has 0 aliphatic rings. The molecule has 0 aliphatic heterocycles. The second-order valence-electron chi connectivity index (χ2n) is 3.40. The molecule has 1 rings (SSSR count). The number of hydrogen-bond acceptors (Lipinski definition) is 5. The summed E-state index contributed by atoms with van der Waals surface area (Å²) in [5, 5.41) is 10.6. The molecule has 1 aromatic heterocycles. The van der Waals surface area contributed by atoms with Crippen molar-refractivity contribution in [3.63, 3.8) is 0 Å². The third-order valence-electron chi connectivity index (χ3n) is 2.02. The number of hydrogen-bond donors (Lipinski definition) is 2. The number of rotatable bonds is 5. The van der Waals surface area contributed by atoms with E-state index in [4.69, 9.17) is 13.9 Å². The highest BCUT2D eigenvalue weighted by atomic mass is 16.6. The van der Waals surface area contributed by atoms with Crippen LogP contribution in [0.2, 0.25) is 0 Å². The Balaban J connectivity index is 2.39. The smallest absolute Gasteiger partial charge is 0.465 e. The van der Waals surface area contributed by atoms with Crippen LogP contribution in [-0.2, 0) is 6.54 Å². The molecule has 0 saturated carbocycles. The van der Waals surface area contributed by atoms with Gasteiger partial charge in [0.25, 0.3) is 0 Å². The summed E-state index contributed by atoms with van der Waals surface area (Å²) in [6, 6.07) is 0. The summed E-state index contributed by atoms with van der Waals surface area (Å²) in [6.45, 7) is 2.87. The topological polar surface area (TPSA) is 95.9 Å². The molecule has 0 spiro atoms. The van der Waals surface area contributed by atoms with Crippen LogP contribution in [0.4, 0.5) is 4.79 Å². The molecular weight excluding hydrogens is 216 g/mol. The first kappa shape index (κ1) is 12.3. The van der Waals surface area contributed by atoms with Gasteiger partial charge in [-0.3, -0.25) is 4.90 Å². The molecule has 0 aromatic carbocycles. The van der Waals surface area contributed by atoms with Crippen LogP contribution >= 0.6 is 0 Å². The van der Waals surface area contributed by atoms with Crippen LogP contribution in [0.25, 0.3) is 0 Å². The van der Waals surface area contributed by atoms with Gasteiger partial charge in [-0.15, -0.1) is 0 Å². The maximum atomic E-state index is 10.8. The second kappa shape index (κ2) is 5.36. The lowest BCUT2D eigenvalue weighted by atomic mass is 10.3. The summed E-state index contributed by atoms with van der Waals surface area (Å²) >= 11 is 0. The van der Waals surface area contributed by atoms with Crippen LogP contribution < -0.4 is 11.1 Å². The minimum absolute atomic E-state index is 0.312. The molecule has 0 bridgehead atoms. The Hall–Kier alpha value is -1.76. The summed E-state index contributed by atoms with van der Waals surface area (Å²) in [4.78, 5) is 22.8. The normalized spacial score (nSPS) is 10.7. The van der Waals surface area contributed by atoms with E-state index in [1.807, 2.05) is 4.90 Å². The van der Waals surface area contributed by atoms with Crippen LogP contribution in [-0.4, -0.2) is 36.2 Å². The van der Waals surface area contributed by atoms with Crippen molar-refractivity contribution in [2.45, 2.75) is 13.5 Å². The number of nitrogens with one attached hydrogen (secondary N) is 1. The van der Waals surface area contributed by atoms with Gasteiger partial charge in [0.1, 0.15) is 5.76 Å². The third-order valence-corrected chi connectivity index (χ3v) is 2.02. The Kier molecular flexibility index (Phi) is 4.12. The Morgan fingerprint density at radius 1 is 1.50 bits per heavy atom. The summed E-state index contributed by atoms with van der Waals surface area (Å²) in [5.74, 6) is 0.190. The van der Waals surface area contributed by atoms with E-state index in [9.17, 15) is 9.59 Å². The van der Waals surface area contributed by atoms with Gasteiger partial charge in [0, 0.05) is 13.1 Å². The number of carbonyl (C=O) groups is 1. The van der Waals surface area contributed by atoms with Gasteiger partial charge in [0.05, 0.1) is 6.54 Å². The molecule has 90 valence electrons. The fraction of sp³-hybridized carbons (Fsp3) is 0.556. The molecule has 16 heavy (non-hydrogen) atoms. The summed E-state index contributed by atoms with van der Waals surface area (Å²) in [6.07, 6.45) is -1.06. The molecule has 0 unspecified atom stereocenters. The van der Waals surface area contributed by atoms with Crippen molar-refractivity contribution in [2.75, 3.05) is 20.1 Å². The van der Waals surface area contributed by atoms with Gasteiger partial charge in [-0.25, -0.2) is 9.59 Å². The fourth-order valence-corrected chi connectivity index (χ4v) is 1.20. The molecule has 0 aliphatic carbocycles. The zero-order valence-corrected chi connectivity index (χ0v) is 9.15. The molecule has 7 nitrogen and oxygen atoms in total. The lowest BCUT2D eigenvalue weighted by Crippen LogP contribution is -2.31. The minimum Gasteiger partial charge on any atom is -0.465 e. The molecule has 0 saturated heterocycles. The molecule has 2 N–H and O–H groups in total. The number of amides is 1. The van der Waals surface area contributed by atoms with E-state index in [0.29, 0.717) is 31.2 Å². The van der Waals surface area contributed by atoms with Crippen molar-refractivity contribution < 1.29 is 18.7 Å². The molecule has 1 heterocycles. The third kappa shape index (κ3) is 3.77. The van der Waals surface area contributed by atoms with E-state index in [1.54, 1.807) is 14.0 Å². The first-order chi connectivity index (χ1) is 7.49. The predicted molar refractivity (Wildman–Crippen MR) is 54.3 cm³/mol. The van der Waals surface area contributed by atoms with E-state index in [-0.39, 0.29) is 0 Å². The fourth-order valence-electron chi connectivity index (χ4n) is 1.20. The zero-order valence-electron chi connectivity index (χ0n) is 9.15. The maximum Gasteiger partial charge on any atom is 0.519 e. The van der Waals surface area contributed by atoms with Crippen molar-refractivity contribution >= 4 is 6.09 Å². The van der Waals surface area contributed by atoms with Crippen LogP contribution in [0.3, 0.4) is 0 Å². The van der Waals surface area contributed by atoms with Crippen molar-refractivity contribution in [3.8, 4) is 0 Å². The van der Waals surface area contributed by atoms with Gasteiger partial charge in [0.2, 0.25) is 0 Å². The largest absolute Gasteiger partial charge is 0.519 e. The first-order valence-electron chi connectivity index (χ1n) is 4.74. The van der Waals surface area contributed by atoms with E-state index < -0.39 is 11.9 Å². The molecule has 1 amide bonds. The average Bonchev–Trinajstić information content (AvgIpc) is 2.44. The maximum absolute atomic E-state index is 10.8. The van der Waals surface area contributed by atoms with E-state index in [0.717, 1.165) is 0 Å². The van der Waals surface area contributed by atoms with Gasteiger partial charge in [-0.05, 0) is 14.0 Å². The lowest BCUT2D eigenvalue weighted by molar-refractivity contribution is 0.192. The monoisotopic (exact) mass is 230 g/mol. The summed E-state index contributed by atoms with van der Waals surface area (Å²) < 4.78 is 9.51. The molecule has 7 heteroatoms. The number of aryl methyl sites for hydroxylation is 1. The Bertz CT molecular complexity index is 408. The first-order valence-corrected chi connectivity index (χ1v) is 4.74. The standard InChI is InChI=1S/C9H14N2O5/c1-6-7(16-9(14)15-6)5-11(2)4-3-10-8(12)13/h10H,3-5H2,1-2H3,(H,12,13). The van der Waals surface area contributed by atoms with Gasteiger partial charge in [0.15, 0.2) is 5.76 Å². The zero-order chi connectivity index (χ0) is 12.1. The lowest BCUT2D eigenvalue weighted by Gasteiger charge is -2.14. The molecule has 0 radical (unpaired) electrons. The summed E-state index contributed by atoms with van der Waals surface area (Å²) in [5.41, 5.74) is 0. The second-order valence-corrected chi connectivity index (χ2v) is 3.40. The van der Waals surface area contributed by atoms with Crippen molar-refractivity contribution in [1.29, 1.82) is 0 Å². The van der Waals surface area contributed by atoms with Gasteiger partial charge in [-0.1, -0.05) is 0 Å². The highest BCUT2D eigenvalue weighted by Crippen LogP contribution is 2.06. The van der Waals surface area contributed by atoms with Crippen LogP contribution in [0, 0.1) is 6.92 Å². The summed E-state index contributed by atoms with van der Waals surface area (Å²) in [7, 11) is 1.79. The number of likely N-dealkylation sites (N-methyl/N-ethyl adjacent to an activating group) is 1. The Morgan fingerprint density at radius 3 is 2.69 bits per heavy atom. The number of nitrogens with zero attached hydrogens (tertiary/aromatic N) is 1. The van der Waals surface area contributed by atoms with E-state index in [1.165, 1.54) is 0 Å². The van der Waals surface area contributed by atoms with Crippen molar-refractivity contribution in [1.82, 2.24) is 10.2 Å². The van der Waals surface area contributed by atoms with Gasteiger partial charge >= 0.3 is 11.9 Å². The quantitative estimate of drug-likeness (QED) is 0.752. The van der Waals surface area contributed by atoms with Crippen molar-refractivity contribution in [2.24, 2.45) is 0 Å². The number of carboxylic acid groups (broad SMARTS) is 1. The molecule has 0 fully saturated rings. The molecule has 1 aromatic rings. The molecular formula is C9H14N2O5. The minimum atomic E-state index is -1.06. The van der Waals surface area contributed by atoms with Gasteiger partial charge < -0.3 is 19.3 Å². The highest BCUT2D eigenvalue weighted by molar-refractivity contribution is 5.64. The Labute approximate surface area is 91.6 Å². The van der Waals surface area contributed by atoms with E-state index >= 15 is 0 Å². The average molecular weight is 230 g/mol. The Morgan fingerprint density at radius 2 is 2.19 bits per heavy atom. The van der Waals surface area contributed by atoms with Crippen LogP contribution in [0.15, 0.2) is 13.6 Å². The van der Waals surface area contributed by atoms with E-state index in [2.05, 4.69) is 5.32 Å². The van der Waals surface area contributed by atoms with Crippen LogP contribution in [0.1, 0.15) is 11.5 Å².